The number of aliphatic carboxylic acids is 1. The van der Waals surface area contributed by atoms with E-state index in [9.17, 15) is 23.1 Å². The first kappa shape index (κ1) is 31.7. The van der Waals surface area contributed by atoms with Gasteiger partial charge in [-0.15, -0.1) is 11.3 Å². The summed E-state index contributed by atoms with van der Waals surface area (Å²) in [4.78, 5) is 22.7. The van der Waals surface area contributed by atoms with E-state index in [-0.39, 0.29) is 23.7 Å². The van der Waals surface area contributed by atoms with Crippen LogP contribution in [-0.2, 0) is 11.2 Å². The Morgan fingerprint density at radius 3 is 2.49 bits per heavy atom. The number of carboxylic acid groups (broad SMARTS) is 1. The second-order valence-corrected chi connectivity index (χ2v) is 13.9. The second kappa shape index (κ2) is 13.5. The third-order valence-corrected chi connectivity index (χ3v) is 10.8. The highest BCUT2D eigenvalue weighted by atomic mass is 32.1. The van der Waals surface area contributed by atoms with Crippen LogP contribution in [0.25, 0.3) is 0 Å². The molecule has 0 radical (unpaired) electrons. The van der Waals surface area contributed by atoms with Gasteiger partial charge in [0.1, 0.15) is 11.9 Å². The lowest BCUT2D eigenvalue weighted by atomic mass is 9.87. The highest BCUT2D eigenvalue weighted by Gasteiger charge is 2.42. The van der Waals surface area contributed by atoms with Crippen molar-refractivity contribution < 1.29 is 23.1 Å². The number of hydrogen-bond acceptors (Lipinski definition) is 5. The van der Waals surface area contributed by atoms with Crippen molar-refractivity contribution in [3.05, 3.63) is 86.6 Å². The summed E-state index contributed by atoms with van der Waals surface area (Å²) in [5, 5.41) is 10.8. The molecule has 2 aliphatic rings. The molecule has 1 aliphatic heterocycles. The zero-order chi connectivity index (χ0) is 30.8. The molecule has 4 atom stereocenters. The molecule has 2 fully saturated rings. The summed E-state index contributed by atoms with van der Waals surface area (Å²) in [7, 11) is 1.93. The number of nitrogens with zero attached hydrogens (tertiary/aromatic N) is 3. The number of carboxylic acids is 1. The van der Waals surface area contributed by atoms with Gasteiger partial charge in [0, 0.05) is 23.9 Å². The lowest BCUT2D eigenvalue weighted by Gasteiger charge is -2.35. The van der Waals surface area contributed by atoms with Gasteiger partial charge >= 0.3 is 5.97 Å². The van der Waals surface area contributed by atoms with E-state index in [0.717, 1.165) is 61.6 Å². The summed E-state index contributed by atoms with van der Waals surface area (Å²) < 4.78 is 41.3. The fourth-order valence-electron chi connectivity index (χ4n) is 7.39. The minimum absolute atomic E-state index is 0.0132. The van der Waals surface area contributed by atoms with E-state index in [0.29, 0.717) is 23.8 Å². The van der Waals surface area contributed by atoms with Gasteiger partial charge in [0.2, 0.25) is 0 Å². The average Bonchev–Trinajstić information content (AvgIpc) is 3.54. The Kier molecular flexibility index (Phi) is 9.93. The van der Waals surface area contributed by atoms with Crippen molar-refractivity contribution in [2.45, 2.75) is 76.8 Å². The van der Waals surface area contributed by atoms with Gasteiger partial charge in [-0.05, 0) is 112 Å². The number of hydrogen-bond donors (Lipinski definition) is 1. The van der Waals surface area contributed by atoms with Crippen LogP contribution in [0.15, 0.2) is 42.5 Å². The first-order valence-corrected chi connectivity index (χ1v) is 16.1. The number of rotatable bonds is 10. The number of benzene rings is 2. The van der Waals surface area contributed by atoms with E-state index in [1.807, 2.05) is 38.8 Å². The molecule has 3 aromatic rings. The third kappa shape index (κ3) is 7.32. The normalized spacial score (nSPS) is 22.5. The van der Waals surface area contributed by atoms with Crippen molar-refractivity contribution in [1.82, 2.24) is 14.8 Å². The van der Waals surface area contributed by atoms with Gasteiger partial charge in [-0.2, -0.15) is 0 Å². The van der Waals surface area contributed by atoms with Crippen molar-refractivity contribution in [1.29, 1.82) is 0 Å². The predicted molar refractivity (Wildman–Crippen MR) is 164 cm³/mol. The summed E-state index contributed by atoms with van der Waals surface area (Å²) in [6, 6.07) is 10.5. The molecule has 232 valence electrons. The topological polar surface area (TPSA) is 56.7 Å². The Morgan fingerprint density at radius 1 is 1.09 bits per heavy atom. The van der Waals surface area contributed by atoms with Crippen LogP contribution in [0.3, 0.4) is 0 Å². The molecular formula is C34H42F3N3O2S. The highest BCUT2D eigenvalue weighted by molar-refractivity contribution is 7.11. The minimum Gasteiger partial charge on any atom is -0.480 e. The van der Waals surface area contributed by atoms with Crippen LogP contribution in [0.5, 0.6) is 0 Å². The zero-order valence-corrected chi connectivity index (χ0v) is 26.2. The lowest BCUT2D eigenvalue weighted by molar-refractivity contribution is -0.145. The zero-order valence-electron chi connectivity index (χ0n) is 25.4. The first-order valence-electron chi connectivity index (χ1n) is 15.3. The van der Waals surface area contributed by atoms with Crippen LogP contribution < -0.4 is 0 Å². The molecule has 2 aromatic carbocycles. The summed E-state index contributed by atoms with van der Waals surface area (Å²) in [5.74, 6) is -1.82. The van der Waals surface area contributed by atoms with E-state index < -0.39 is 23.6 Å². The Hall–Kier alpha value is -2.75. The van der Waals surface area contributed by atoms with Gasteiger partial charge < -0.3 is 10.0 Å². The van der Waals surface area contributed by atoms with Crippen LogP contribution in [-0.4, -0.2) is 64.6 Å². The van der Waals surface area contributed by atoms with Gasteiger partial charge in [-0.25, -0.2) is 18.2 Å². The number of piperidine rings is 1. The molecule has 5 nitrogen and oxygen atoms in total. The van der Waals surface area contributed by atoms with Crippen molar-refractivity contribution in [2.24, 2.45) is 11.8 Å². The van der Waals surface area contributed by atoms with E-state index in [2.05, 4.69) is 4.90 Å². The number of likely N-dealkylation sites (N-methyl/N-ethyl adjacent to an activating group) is 1. The lowest BCUT2D eigenvalue weighted by Crippen LogP contribution is -2.47. The van der Waals surface area contributed by atoms with Gasteiger partial charge in [-0.1, -0.05) is 32.0 Å². The number of carbonyl (C=O) groups is 1. The summed E-state index contributed by atoms with van der Waals surface area (Å²) >= 11 is 1.68. The van der Waals surface area contributed by atoms with Crippen molar-refractivity contribution in [3.8, 4) is 0 Å². The molecule has 1 saturated heterocycles. The molecule has 5 rings (SSSR count). The fourth-order valence-corrected chi connectivity index (χ4v) is 8.66. The highest BCUT2D eigenvalue weighted by Crippen LogP contribution is 2.44. The van der Waals surface area contributed by atoms with Crippen LogP contribution in [0.2, 0.25) is 0 Å². The maximum absolute atomic E-state index is 14.3. The Balaban J connectivity index is 1.24. The molecule has 2 heterocycles. The van der Waals surface area contributed by atoms with Gasteiger partial charge in [0.15, 0.2) is 11.6 Å². The smallest absolute Gasteiger partial charge is 0.321 e. The monoisotopic (exact) mass is 613 g/mol. The molecule has 0 amide bonds. The van der Waals surface area contributed by atoms with E-state index in [1.165, 1.54) is 23.1 Å². The maximum Gasteiger partial charge on any atom is 0.321 e. The molecule has 1 aliphatic carbocycles. The number of likely N-dealkylation sites (tertiary alicyclic amines) is 1. The van der Waals surface area contributed by atoms with Gasteiger partial charge in [0.05, 0.1) is 10.7 Å². The molecule has 1 saturated carbocycles. The second-order valence-electron chi connectivity index (χ2n) is 12.8. The summed E-state index contributed by atoms with van der Waals surface area (Å²) in [5.41, 5.74) is 2.73. The third-order valence-electron chi connectivity index (χ3n) is 9.51. The van der Waals surface area contributed by atoms with Crippen molar-refractivity contribution in [3.63, 3.8) is 0 Å². The molecule has 1 aromatic heterocycles. The molecular weight excluding hydrogens is 571 g/mol. The van der Waals surface area contributed by atoms with E-state index >= 15 is 0 Å². The average molecular weight is 614 g/mol. The molecule has 9 heteroatoms. The molecule has 0 spiro atoms. The first-order chi connectivity index (χ1) is 20.5. The van der Waals surface area contributed by atoms with Crippen LogP contribution in [0.1, 0.15) is 78.1 Å². The Bertz CT molecular complexity index is 1420. The number of aryl methyl sites for hydroxylation is 1. The van der Waals surface area contributed by atoms with Crippen LogP contribution in [0, 0.1) is 36.2 Å². The van der Waals surface area contributed by atoms with Crippen molar-refractivity contribution >= 4 is 17.3 Å². The van der Waals surface area contributed by atoms with E-state index in [1.54, 1.807) is 29.5 Å². The number of halogens is 3. The fraction of sp³-hybridized carbons (Fsp3) is 0.529. The summed E-state index contributed by atoms with van der Waals surface area (Å²) in [6.07, 6.45) is 4.22. The minimum atomic E-state index is -0.839. The summed E-state index contributed by atoms with van der Waals surface area (Å²) in [6.45, 7) is 8.75. The molecule has 3 unspecified atom stereocenters. The van der Waals surface area contributed by atoms with Crippen LogP contribution >= 0.6 is 11.3 Å². The maximum atomic E-state index is 14.3. The molecule has 43 heavy (non-hydrogen) atoms. The van der Waals surface area contributed by atoms with Gasteiger partial charge in [0.25, 0.3) is 0 Å². The van der Waals surface area contributed by atoms with Crippen molar-refractivity contribution in [2.75, 3.05) is 26.7 Å². The van der Waals surface area contributed by atoms with Crippen LogP contribution in [0.4, 0.5) is 13.2 Å². The number of thiazole rings is 1. The molecule has 1 N–H and O–H groups in total. The Morgan fingerprint density at radius 2 is 1.84 bits per heavy atom. The van der Waals surface area contributed by atoms with E-state index in [4.69, 9.17) is 4.98 Å². The largest absolute Gasteiger partial charge is 0.480 e. The predicted octanol–water partition coefficient (Wildman–Crippen LogP) is 7.24. The standard InChI is InChI=1S/C34H42F3N3O2S/c1-20(2)32(34(41)42)39(4)27-17-25(28(18-27)24-6-5-7-26(35)16-24)19-40-12-10-23(11-13-40)33-21(3)38-31(43-33)15-22-8-9-29(36)30(37)14-22/h5-9,14,16,20,23,25,27-28,32H,10-13,15,17-19H2,1-4H3,(H,41,42)/t25?,27?,28?,32-/m1/s1. The van der Waals surface area contributed by atoms with Gasteiger partial charge in [-0.3, -0.25) is 9.69 Å². The SMILES string of the molecule is Cc1nc(Cc2ccc(F)c(F)c2)sc1C1CCN(CC2CC(N(C)[C@@H](C(=O)O)C(C)C)CC2c2cccc(F)c2)CC1. The Labute approximate surface area is 256 Å². The molecule has 0 bridgehead atoms. The quantitative estimate of drug-likeness (QED) is 0.261. The number of aromatic nitrogens is 1.